The lowest BCUT2D eigenvalue weighted by atomic mass is 9.87. The monoisotopic (exact) mass is 296 g/mol. The summed E-state index contributed by atoms with van der Waals surface area (Å²) in [6.07, 6.45) is 6.70. The van der Waals surface area contributed by atoms with Crippen molar-refractivity contribution in [3.63, 3.8) is 0 Å². The van der Waals surface area contributed by atoms with Gasteiger partial charge in [0.05, 0.1) is 12.7 Å². The molecule has 2 atom stereocenters. The normalized spacial score (nSPS) is 25.4. The van der Waals surface area contributed by atoms with Crippen LogP contribution in [0.1, 0.15) is 52.4 Å². The molecule has 5 heteroatoms. The highest BCUT2D eigenvalue weighted by Gasteiger charge is 2.27. The van der Waals surface area contributed by atoms with Crippen LogP contribution < -0.4 is 5.32 Å². The molecule has 0 aromatic carbocycles. The largest absolute Gasteiger partial charge is 0.375 e. The van der Waals surface area contributed by atoms with E-state index in [0.29, 0.717) is 32.0 Å². The second-order valence-electron chi connectivity index (χ2n) is 6.46. The molecule has 2 rings (SSSR count). The van der Waals surface area contributed by atoms with Gasteiger partial charge in [0, 0.05) is 19.5 Å². The first-order chi connectivity index (χ1) is 10.1. The summed E-state index contributed by atoms with van der Waals surface area (Å²) in [5.74, 6) is 0.524. The molecule has 5 nitrogen and oxygen atoms in total. The molecule has 0 aromatic heterocycles. The predicted molar refractivity (Wildman–Crippen MR) is 80.8 cm³/mol. The number of carbonyl (C=O) groups is 2. The van der Waals surface area contributed by atoms with Gasteiger partial charge in [-0.1, -0.05) is 19.3 Å². The van der Waals surface area contributed by atoms with Gasteiger partial charge in [-0.15, -0.1) is 0 Å². The molecule has 1 N–H and O–H groups in total. The van der Waals surface area contributed by atoms with E-state index in [0.717, 1.165) is 12.8 Å². The average molecular weight is 296 g/mol. The minimum Gasteiger partial charge on any atom is -0.375 e. The van der Waals surface area contributed by atoms with Gasteiger partial charge in [0.15, 0.2) is 0 Å². The number of nitrogens with one attached hydrogen (secondary N) is 1. The van der Waals surface area contributed by atoms with Crippen molar-refractivity contribution >= 4 is 11.8 Å². The molecule has 0 radical (unpaired) electrons. The highest BCUT2D eigenvalue weighted by molar-refractivity contribution is 5.87. The third-order valence-electron chi connectivity index (χ3n) is 4.50. The Kier molecular flexibility index (Phi) is 6.03. The zero-order valence-electron chi connectivity index (χ0n) is 13.3. The maximum absolute atomic E-state index is 12.3. The highest BCUT2D eigenvalue weighted by Crippen LogP contribution is 2.26. The Morgan fingerprint density at radius 1 is 1.29 bits per heavy atom. The molecular formula is C16H28N2O3. The molecule has 1 heterocycles. The summed E-state index contributed by atoms with van der Waals surface area (Å²) in [7, 11) is 0. The van der Waals surface area contributed by atoms with E-state index in [1.807, 2.05) is 6.92 Å². The van der Waals surface area contributed by atoms with Crippen molar-refractivity contribution in [3.05, 3.63) is 0 Å². The van der Waals surface area contributed by atoms with Gasteiger partial charge >= 0.3 is 0 Å². The third-order valence-corrected chi connectivity index (χ3v) is 4.50. The Morgan fingerprint density at radius 3 is 2.67 bits per heavy atom. The molecule has 1 aliphatic carbocycles. The number of morpholine rings is 1. The van der Waals surface area contributed by atoms with Crippen LogP contribution in [0.4, 0.5) is 0 Å². The molecule has 0 bridgehead atoms. The van der Waals surface area contributed by atoms with E-state index in [1.54, 1.807) is 11.8 Å². The molecule has 120 valence electrons. The molecule has 2 aliphatic rings. The first-order valence-corrected chi connectivity index (χ1v) is 8.26. The molecule has 1 aliphatic heterocycles. The number of amides is 2. The fourth-order valence-electron chi connectivity index (χ4n) is 3.31. The summed E-state index contributed by atoms with van der Waals surface area (Å²) in [6, 6.07) is -0.439. The second kappa shape index (κ2) is 7.78. The standard InChI is InChI=1S/C16H28N2O3/c1-12-11-18(8-9-21-12)16(20)13(2)17-15(19)10-14-6-4-3-5-7-14/h12-14H,3-11H2,1-2H3,(H,17,19)/t12-,13+/m0/s1. The Balaban J connectivity index is 1.75. The molecule has 1 saturated carbocycles. The topological polar surface area (TPSA) is 58.6 Å². The summed E-state index contributed by atoms with van der Waals surface area (Å²) >= 11 is 0. The van der Waals surface area contributed by atoms with E-state index >= 15 is 0 Å². The zero-order valence-corrected chi connectivity index (χ0v) is 13.3. The lowest BCUT2D eigenvalue weighted by Gasteiger charge is -2.33. The fourth-order valence-corrected chi connectivity index (χ4v) is 3.31. The van der Waals surface area contributed by atoms with Gasteiger partial charge < -0.3 is 15.0 Å². The lowest BCUT2D eigenvalue weighted by Crippen LogP contribution is -2.52. The van der Waals surface area contributed by atoms with E-state index in [-0.39, 0.29) is 17.9 Å². The summed E-state index contributed by atoms with van der Waals surface area (Å²) in [5.41, 5.74) is 0. The van der Waals surface area contributed by atoms with Crippen molar-refractivity contribution in [3.8, 4) is 0 Å². The van der Waals surface area contributed by atoms with E-state index in [2.05, 4.69) is 5.32 Å². The predicted octanol–water partition coefficient (Wildman–Crippen LogP) is 1.71. The second-order valence-corrected chi connectivity index (χ2v) is 6.46. The van der Waals surface area contributed by atoms with E-state index in [9.17, 15) is 9.59 Å². The quantitative estimate of drug-likeness (QED) is 0.859. The van der Waals surface area contributed by atoms with Crippen molar-refractivity contribution in [1.29, 1.82) is 0 Å². The van der Waals surface area contributed by atoms with Gasteiger partial charge in [0.1, 0.15) is 6.04 Å². The summed E-state index contributed by atoms with van der Waals surface area (Å²) in [6.45, 7) is 5.55. The van der Waals surface area contributed by atoms with Crippen molar-refractivity contribution in [2.75, 3.05) is 19.7 Å². The Hall–Kier alpha value is -1.10. The number of nitrogens with zero attached hydrogens (tertiary/aromatic N) is 1. The van der Waals surface area contributed by atoms with Gasteiger partial charge in [-0.05, 0) is 32.6 Å². The molecule has 1 saturated heterocycles. The number of carbonyl (C=O) groups excluding carboxylic acids is 2. The van der Waals surface area contributed by atoms with E-state index in [1.165, 1.54) is 19.3 Å². The van der Waals surface area contributed by atoms with Gasteiger partial charge in [-0.25, -0.2) is 0 Å². The van der Waals surface area contributed by atoms with Crippen LogP contribution in [0.5, 0.6) is 0 Å². The van der Waals surface area contributed by atoms with Crippen LogP contribution >= 0.6 is 0 Å². The zero-order chi connectivity index (χ0) is 15.2. The minimum absolute atomic E-state index is 0.00199. The molecule has 0 aromatic rings. The third kappa shape index (κ3) is 4.99. The summed E-state index contributed by atoms with van der Waals surface area (Å²) in [4.78, 5) is 26.2. The molecule has 0 spiro atoms. The van der Waals surface area contributed by atoms with E-state index in [4.69, 9.17) is 4.74 Å². The van der Waals surface area contributed by atoms with Crippen LogP contribution in [-0.2, 0) is 14.3 Å². The maximum atomic E-state index is 12.3. The Morgan fingerprint density at radius 2 is 2.00 bits per heavy atom. The molecule has 21 heavy (non-hydrogen) atoms. The van der Waals surface area contributed by atoms with Crippen LogP contribution in [0.2, 0.25) is 0 Å². The maximum Gasteiger partial charge on any atom is 0.245 e. The van der Waals surface area contributed by atoms with Crippen LogP contribution in [0.25, 0.3) is 0 Å². The number of hydrogen-bond donors (Lipinski definition) is 1. The molecular weight excluding hydrogens is 268 g/mol. The lowest BCUT2D eigenvalue weighted by molar-refractivity contribution is -0.142. The summed E-state index contributed by atoms with van der Waals surface area (Å²) in [5, 5.41) is 2.87. The van der Waals surface area contributed by atoms with Crippen LogP contribution in [0.3, 0.4) is 0 Å². The first kappa shape index (κ1) is 16.3. The average Bonchev–Trinajstić information content (AvgIpc) is 2.47. The summed E-state index contributed by atoms with van der Waals surface area (Å²) < 4.78 is 5.44. The van der Waals surface area contributed by atoms with Crippen LogP contribution in [0, 0.1) is 5.92 Å². The van der Waals surface area contributed by atoms with Crippen molar-refractivity contribution in [1.82, 2.24) is 10.2 Å². The van der Waals surface area contributed by atoms with Crippen LogP contribution in [0.15, 0.2) is 0 Å². The highest BCUT2D eigenvalue weighted by atomic mass is 16.5. The molecule has 0 unspecified atom stereocenters. The smallest absolute Gasteiger partial charge is 0.245 e. The number of hydrogen-bond acceptors (Lipinski definition) is 3. The van der Waals surface area contributed by atoms with Gasteiger partial charge in [-0.3, -0.25) is 9.59 Å². The van der Waals surface area contributed by atoms with Crippen molar-refractivity contribution in [2.45, 2.75) is 64.5 Å². The fraction of sp³-hybridized carbons (Fsp3) is 0.875. The molecule has 2 amide bonds. The SMILES string of the molecule is C[C@H]1CN(C(=O)[C@@H](C)NC(=O)CC2CCCCC2)CCO1. The first-order valence-electron chi connectivity index (χ1n) is 8.26. The Labute approximate surface area is 127 Å². The van der Waals surface area contributed by atoms with Crippen LogP contribution in [-0.4, -0.2) is 48.6 Å². The van der Waals surface area contributed by atoms with Gasteiger partial charge in [0.2, 0.25) is 11.8 Å². The Bertz CT molecular complexity index is 367. The minimum atomic E-state index is -0.439. The molecule has 2 fully saturated rings. The number of ether oxygens (including phenoxy) is 1. The van der Waals surface area contributed by atoms with Gasteiger partial charge in [0.25, 0.3) is 0 Å². The van der Waals surface area contributed by atoms with Gasteiger partial charge in [-0.2, -0.15) is 0 Å². The van der Waals surface area contributed by atoms with Crippen molar-refractivity contribution < 1.29 is 14.3 Å². The number of rotatable bonds is 4. The van der Waals surface area contributed by atoms with Crippen molar-refractivity contribution in [2.24, 2.45) is 5.92 Å². The van der Waals surface area contributed by atoms with E-state index < -0.39 is 6.04 Å².